The van der Waals surface area contributed by atoms with Crippen molar-refractivity contribution in [2.75, 3.05) is 13.1 Å². The number of likely N-dealkylation sites (tertiary alicyclic amines) is 1. The molecule has 1 saturated heterocycles. The lowest BCUT2D eigenvalue weighted by molar-refractivity contribution is -0.143. The summed E-state index contributed by atoms with van der Waals surface area (Å²) in [7, 11) is 0. The quantitative estimate of drug-likeness (QED) is 0.136. The molecular weight excluding hydrogens is 608 g/mol. The van der Waals surface area contributed by atoms with E-state index in [0.717, 1.165) is 11.1 Å². The molecule has 1 fully saturated rings. The molecule has 1 aliphatic rings. The van der Waals surface area contributed by atoms with E-state index in [1.807, 2.05) is 18.2 Å². The zero-order valence-corrected chi connectivity index (χ0v) is 26.8. The van der Waals surface area contributed by atoms with Crippen molar-refractivity contribution < 1.29 is 39.0 Å². The second-order valence-corrected chi connectivity index (χ2v) is 12.0. The summed E-state index contributed by atoms with van der Waals surface area (Å²) in [5.74, 6) is -4.44. The number of amides is 5. The van der Waals surface area contributed by atoms with Crippen molar-refractivity contribution in [2.45, 2.75) is 76.7 Å². The minimum Gasteiger partial charge on any atom is -0.508 e. The minimum absolute atomic E-state index is 0.0801. The van der Waals surface area contributed by atoms with Crippen LogP contribution in [0.5, 0.6) is 5.75 Å². The van der Waals surface area contributed by atoms with Gasteiger partial charge >= 0.3 is 5.97 Å². The van der Waals surface area contributed by atoms with Gasteiger partial charge in [-0.15, -0.1) is 0 Å². The van der Waals surface area contributed by atoms with Gasteiger partial charge in [0.2, 0.25) is 29.5 Å². The Morgan fingerprint density at radius 2 is 1.51 bits per heavy atom. The number of nitrogens with one attached hydrogen (secondary N) is 4. The third kappa shape index (κ3) is 10.8. The van der Waals surface area contributed by atoms with Crippen LogP contribution in [0.25, 0.3) is 0 Å². The Morgan fingerprint density at radius 1 is 0.872 bits per heavy atom. The maximum absolute atomic E-state index is 13.8. The van der Waals surface area contributed by atoms with Crippen LogP contribution in [-0.2, 0) is 41.6 Å². The Labute approximate surface area is 273 Å². The van der Waals surface area contributed by atoms with E-state index >= 15 is 0 Å². The average Bonchev–Trinajstić information content (AvgIpc) is 3.53. The lowest BCUT2D eigenvalue weighted by Crippen LogP contribution is -2.59. The van der Waals surface area contributed by atoms with Crippen molar-refractivity contribution in [3.63, 3.8) is 0 Å². The number of nitrogens with zero attached hydrogens (tertiary/aromatic N) is 1. The predicted molar refractivity (Wildman–Crippen MR) is 172 cm³/mol. The predicted octanol–water partition coefficient (Wildman–Crippen LogP) is -0.173. The minimum atomic E-state index is -1.22. The fourth-order valence-electron chi connectivity index (χ4n) is 5.21. The number of hydrogen-bond acceptors (Lipinski definition) is 8. The summed E-state index contributed by atoms with van der Waals surface area (Å²) in [6.45, 7) is 4.59. The molecule has 254 valence electrons. The number of carbonyl (C=O) groups excluding carboxylic acids is 5. The number of hydrogen-bond donors (Lipinski definition) is 7. The highest BCUT2D eigenvalue weighted by Crippen LogP contribution is 2.21. The van der Waals surface area contributed by atoms with E-state index < -0.39 is 72.3 Å². The summed E-state index contributed by atoms with van der Waals surface area (Å²) < 4.78 is 0. The molecule has 14 nitrogen and oxygen atoms in total. The van der Waals surface area contributed by atoms with Crippen molar-refractivity contribution in [3.05, 3.63) is 65.7 Å². The van der Waals surface area contributed by atoms with Gasteiger partial charge in [0, 0.05) is 13.0 Å². The van der Waals surface area contributed by atoms with Crippen molar-refractivity contribution >= 4 is 35.5 Å². The van der Waals surface area contributed by atoms with Gasteiger partial charge in [0.05, 0.1) is 12.6 Å². The molecule has 5 atom stereocenters. The molecule has 47 heavy (non-hydrogen) atoms. The number of aromatic hydroxyl groups is 1. The standard InChI is InChI=1S/C33H44N6O8/c1-19(2)28(32(45)39-15-7-10-26(39)31(44)35-18-27(41)36-20(3)33(46)47)38-30(43)25(17-21-8-5-4-6-9-21)37-29(42)24(34)16-22-11-13-23(40)14-12-22/h4-6,8-9,11-14,19-20,24-26,28,40H,7,10,15-18,34H2,1-3H3,(H,35,44)(H,36,41)(H,37,42)(H,38,43)(H,46,47)/t20-,24-,25-,26-,28-/m0/s1. The normalized spacial score (nSPS) is 16.8. The number of phenolic OH excluding ortho intramolecular Hbond substituents is 1. The second kappa shape index (κ2) is 17.1. The Morgan fingerprint density at radius 3 is 2.13 bits per heavy atom. The number of carboxylic acid groups (broad SMARTS) is 1. The highest BCUT2D eigenvalue weighted by atomic mass is 16.4. The Bertz CT molecular complexity index is 1420. The summed E-state index contributed by atoms with van der Waals surface area (Å²) in [5, 5.41) is 28.7. The number of benzene rings is 2. The van der Waals surface area contributed by atoms with Gasteiger partial charge in [-0.25, -0.2) is 0 Å². The first-order valence-electron chi connectivity index (χ1n) is 15.5. The summed E-state index contributed by atoms with van der Waals surface area (Å²) in [4.78, 5) is 78.1. The van der Waals surface area contributed by atoms with Crippen LogP contribution >= 0.6 is 0 Å². The van der Waals surface area contributed by atoms with Crippen LogP contribution in [0.2, 0.25) is 0 Å². The molecule has 3 rings (SSSR count). The summed E-state index contributed by atoms with van der Waals surface area (Å²) in [6.07, 6.45) is 1.16. The SMILES string of the molecule is CC(C)[C@H](NC(=O)[C@H](Cc1ccccc1)NC(=O)[C@@H](N)Cc1ccc(O)cc1)C(=O)N1CCC[C@H]1C(=O)NCC(=O)N[C@@H](C)C(=O)O. The number of rotatable bonds is 15. The van der Waals surface area contributed by atoms with Gasteiger partial charge in [-0.05, 0) is 55.4 Å². The lowest BCUT2D eigenvalue weighted by Gasteiger charge is -2.31. The maximum Gasteiger partial charge on any atom is 0.325 e. The second-order valence-electron chi connectivity index (χ2n) is 12.0. The zero-order valence-electron chi connectivity index (χ0n) is 26.8. The Balaban J connectivity index is 1.70. The van der Waals surface area contributed by atoms with Crippen LogP contribution in [0, 0.1) is 5.92 Å². The molecule has 1 aliphatic heterocycles. The fraction of sp³-hybridized carbons (Fsp3) is 0.455. The number of nitrogens with two attached hydrogens (primary N) is 1. The molecule has 14 heteroatoms. The van der Waals surface area contributed by atoms with Gasteiger partial charge < -0.3 is 42.1 Å². The van der Waals surface area contributed by atoms with Gasteiger partial charge in [0.1, 0.15) is 29.9 Å². The number of carbonyl (C=O) groups is 6. The van der Waals surface area contributed by atoms with Crippen LogP contribution in [0.4, 0.5) is 0 Å². The van der Waals surface area contributed by atoms with Gasteiger partial charge in [-0.2, -0.15) is 0 Å². The van der Waals surface area contributed by atoms with E-state index in [1.165, 1.54) is 24.0 Å². The van der Waals surface area contributed by atoms with Gasteiger partial charge in [-0.3, -0.25) is 28.8 Å². The molecule has 5 amide bonds. The smallest absolute Gasteiger partial charge is 0.325 e. The van der Waals surface area contributed by atoms with Crippen LogP contribution < -0.4 is 27.0 Å². The van der Waals surface area contributed by atoms with Gasteiger partial charge in [0.25, 0.3) is 0 Å². The first-order chi connectivity index (χ1) is 22.3. The van der Waals surface area contributed by atoms with Crippen LogP contribution in [-0.4, -0.2) is 93.9 Å². The molecule has 2 aromatic carbocycles. The maximum atomic E-state index is 13.8. The van der Waals surface area contributed by atoms with E-state index in [0.29, 0.717) is 12.8 Å². The molecule has 0 aliphatic carbocycles. The number of phenols is 1. The van der Waals surface area contributed by atoms with Crippen LogP contribution in [0.1, 0.15) is 44.7 Å². The average molecular weight is 653 g/mol. The summed E-state index contributed by atoms with van der Waals surface area (Å²) in [6, 6.07) is 10.2. The topological polar surface area (TPSA) is 220 Å². The van der Waals surface area contributed by atoms with Crippen molar-refractivity contribution in [3.8, 4) is 5.75 Å². The van der Waals surface area contributed by atoms with Gasteiger partial charge in [0.15, 0.2) is 0 Å². The molecular formula is C33H44N6O8. The third-order valence-corrected chi connectivity index (χ3v) is 7.88. The molecule has 0 bridgehead atoms. The zero-order chi connectivity index (χ0) is 34.7. The van der Waals surface area contributed by atoms with Crippen molar-refractivity contribution in [2.24, 2.45) is 11.7 Å². The first-order valence-corrected chi connectivity index (χ1v) is 15.5. The Hall–Kier alpha value is -4.98. The monoisotopic (exact) mass is 652 g/mol. The Kier molecular flexibility index (Phi) is 13.3. The molecule has 0 unspecified atom stereocenters. The van der Waals surface area contributed by atoms with Gasteiger partial charge in [-0.1, -0.05) is 56.3 Å². The fourth-order valence-corrected chi connectivity index (χ4v) is 5.21. The van der Waals surface area contributed by atoms with E-state index in [1.54, 1.807) is 38.1 Å². The molecule has 0 aromatic heterocycles. The molecule has 2 aromatic rings. The first kappa shape index (κ1) is 36.5. The number of aliphatic carboxylic acids is 1. The van der Waals surface area contributed by atoms with Crippen molar-refractivity contribution in [1.29, 1.82) is 0 Å². The lowest BCUT2D eigenvalue weighted by atomic mass is 9.99. The third-order valence-electron chi connectivity index (χ3n) is 7.88. The molecule has 0 saturated carbocycles. The van der Waals surface area contributed by atoms with Crippen LogP contribution in [0.3, 0.4) is 0 Å². The van der Waals surface area contributed by atoms with E-state index in [9.17, 15) is 33.9 Å². The summed E-state index contributed by atoms with van der Waals surface area (Å²) >= 11 is 0. The molecule has 0 spiro atoms. The van der Waals surface area contributed by atoms with E-state index in [4.69, 9.17) is 10.8 Å². The molecule has 8 N–H and O–H groups in total. The van der Waals surface area contributed by atoms with Crippen LogP contribution in [0.15, 0.2) is 54.6 Å². The van der Waals surface area contributed by atoms with Crippen molar-refractivity contribution in [1.82, 2.24) is 26.2 Å². The summed E-state index contributed by atoms with van der Waals surface area (Å²) in [5.41, 5.74) is 7.67. The highest BCUT2D eigenvalue weighted by Gasteiger charge is 2.39. The van der Waals surface area contributed by atoms with E-state index in [-0.39, 0.29) is 31.1 Å². The highest BCUT2D eigenvalue weighted by molar-refractivity contribution is 5.96. The number of carboxylic acids is 1. The largest absolute Gasteiger partial charge is 0.508 e. The van der Waals surface area contributed by atoms with E-state index in [2.05, 4.69) is 21.3 Å². The molecule has 0 radical (unpaired) electrons. The molecule has 1 heterocycles.